The number of aromatic amines is 2. The van der Waals surface area contributed by atoms with E-state index in [0.29, 0.717) is 18.0 Å². The summed E-state index contributed by atoms with van der Waals surface area (Å²) in [5, 5.41) is 11.8. The largest absolute Gasteiger partial charge is 0.361 e. The van der Waals surface area contributed by atoms with Crippen LogP contribution in [0.3, 0.4) is 0 Å². The molecule has 4 aromatic rings. The number of H-pyrrole nitrogens is 2. The fourth-order valence-corrected chi connectivity index (χ4v) is 4.05. The molecule has 0 atom stereocenters. The van der Waals surface area contributed by atoms with Crippen LogP contribution in [-0.4, -0.2) is 45.7 Å². The van der Waals surface area contributed by atoms with E-state index >= 15 is 0 Å². The molecule has 152 valence electrons. The lowest BCUT2D eigenvalue weighted by atomic mass is 9.96. The molecule has 4 heterocycles. The van der Waals surface area contributed by atoms with Gasteiger partial charge in [0.2, 0.25) is 0 Å². The maximum atomic E-state index is 12.5. The van der Waals surface area contributed by atoms with Crippen LogP contribution in [0.1, 0.15) is 23.2 Å². The summed E-state index contributed by atoms with van der Waals surface area (Å²) in [6, 6.07) is 13.8. The van der Waals surface area contributed by atoms with Crippen LogP contribution in [0.4, 0.5) is 5.82 Å². The standard InChI is InChI=1S/C23H24N6O/c30-23(19-2-1-17-5-10-25-20(17)13-19)26-15-16-6-11-29(12-7-16)22-14-21(27-28-22)18-3-8-24-9-4-18/h1-5,8-10,13-14,16,25H,6-7,11-12,15H2,(H,26,30)(H,27,28). The summed E-state index contributed by atoms with van der Waals surface area (Å²) in [5.41, 5.74) is 3.77. The van der Waals surface area contributed by atoms with E-state index in [1.807, 2.05) is 42.6 Å². The minimum atomic E-state index is -0.0109. The van der Waals surface area contributed by atoms with Gasteiger partial charge in [0.1, 0.15) is 0 Å². The van der Waals surface area contributed by atoms with Crippen molar-refractivity contribution in [3.05, 3.63) is 66.6 Å². The third-order valence-corrected chi connectivity index (χ3v) is 5.86. The highest BCUT2D eigenvalue weighted by atomic mass is 16.1. The highest BCUT2D eigenvalue weighted by Gasteiger charge is 2.22. The van der Waals surface area contributed by atoms with Crippen molar-refractivity contribution in [1.82, 2.24) is 25.5 Å². The molecule has 30 heavy (non-hydrogen) atoms. The first kappa shape index (κ1) is 18.4. The van der Waals surface area contributed by atoms with Crippen LogP contribution in [0.25, 0.3) is 22.2 Å². The van der Waals surface area contributed by atoms with Crippen molar-refractivity contribution in [3.63, 3.8) is 0 Å². The lowest BCUT2D eigenvalue weighted by molar-refractivity contribution is 0.0945. The first-order chi connectivity index (χ1) is 14.8. The number of nitrogens with one attached hydrogen (secondary N) is 3. The second-order valence-corrected chi connectivity index (χ2v) is 7.80. The van der Waals surface area contributed by atoms with E-state index in [4.69, 9.17) is 0 Å². The normalized spacial score (nSPS) is 14.9. The van der Waals surface area contributed by atoms with Crippen LogP contribution in [0.5, 0.6) is 0 Å². The molecule has 1 fully saturated rings. The van der Waals surface area contributed by atoms with Crippen molar-refractivity contribution in [2.75, 3.05) is 24.5 Å². The van der Waals surface area contributed by atoms with Crippen LogP contribution >= 0.6 is 0 Å². The molecule has 1 saturated heterocycles. The molecule has 0 unspecified atom stereocenters. The average Bonchev–Trinajstić information content (AvgIpc) is 3.48. The number of amides is 1. The number of carbonyl (C=O) groups excluding carboxylic acids is 1. The first-order valence-corrected chi connectivity index (χ1v) is 10.3. The Balaban J connectivity index is 1.14. The van der Waals surface area contributed by atoms with E-state index in [1.165, 1.54) is 0 Å². The molecule has 7 heteroatoms. The predicted molar refractivity (Wildman–Crippen MR) is 117 cm³/mol. The monoisotopic (exact) mass is 400 g/mol. The molecule has 0 radical (unpaired) electrons. The molecule has 1 aromatic carbocycles. The summed E-state index contributed by atoms with van der Waals surface area (Å²) >= 11 is 0. The van der Waals surface area contributed by atoms with E-state index in [-0.39, 0.29) is 5.91 Å². The number of anilines is 1. The highest BCUT2D eigenvalue weighted by molar-refractivity contribution is 5.97. The SMILES string of the molecule is O=C(NCC1CCN(c2cc(-c3ccncc3)[nH]n2)CC1)c1ccc2cc[nH]c2c1. The molecule has 5 rings (SSSR count). The summed E-state index contributed by atoms with van der Waals surface area (Å²) in [4.78, 5) is 22.0. The van der Waals surface area contributed by atoms with Gasteiger partial charge in [-0.25, -0.2) is 0 Å². The Morgan fingerprint density at radius 2 is 1.93 bits per heavy atom. The van der Waals surface area contributed by atoms with Crippen LogP contribution in [0.15, 0.2) is 61.1 Å². The minimum absolute atomic E-state index is 0.0109. The van der Waals surface area contributed by atoms with E-state index in [9.17, 15) is 4.79 Å². The van der Waals surface area contributed by atoms with Gasteiger partial charge < -0.3 is 15.2 Å². The molecule has 3 aromatic heterocycles. The van der Waals surface area contributed by atoms with Crippen molar-refractivity contribution in [2.45, 2.75) is 12.8 Å². The minimum Gasteiger partial charge on any atom is -0.361 e. The average molecular weight is 400 g/mol. The Labute approximate surface area is 174 Å². The molecule has 1 amide bonds. The number of hydrogen-bond acceptors (Lipinski definition) is 4. The summed E-state index contributed by atoms with van der Waals surface area (Å²) in [6.07, 6.45) is 7.53. The number of piperidine rings is 1. The zero-order valence-corrected chi connectivity index (χ0v) is 16.6. The second kappa shape index (κ2) is 8.02. The number of aromatic nitrogens is 4. The van der Waals surface area contributed by atoms with E-state index < -0.39 is 0 Å². The number of pyridine rings is 1. The zero-order valence-electron chi connectivity index (χ0n) is 16.6. The fraction of sp³-hybridized carbons (Fsp3) is 0.261. The van der Waals surface area contributed by atoms with Gasteiger partial charge in [-0.1, -0.05) is 6.07 Å². The van der Waals surface area contributed by atoms with E-state index in [0.717, 1.165) is 53.9 Å². The van der Waals surface area contributed by atoms with Crippen molar-refractivity contribution in [3.8, 4) is 11.3 Å². The van der Waals surface area contributed by atoms with Crippen LogP contribution in [0.2, 0.25) is 0 Å². The molecule has 0 bridgehead atoms. The third-order valence-electron chi connectivity index (χ3n) is 5.86. The first-order valence-electron chi connectivity index (χ1n) is 10.3. The number of carbonyl (C=O) groups is 1. The van der Waals surface area contributed by atoms with Gasteiger partial charge in [0.05, 0.1) is 5.69 Å². The maximum absolute atomic E-state index is 12.5. The van der Waals surface area contributed by atoms with Crippen LogP contribution in [0, 0.1) is 5.92 Å². The van der Waals surface area contributed by atoms with Crippen molar-refractivity contribution < 1.29 is 4.79 Å². The van der Waals surface area contributed by atoms with Gasteiger partial charge in [-0.3, -0.25) is 14.9 Å². The lowest BCUT2D eigenvalue weighted by Crippen LogP contribution is -2.38. The Hall–Kier alpha value is -3.61. The third kappa shape index (κ3) is 3.78. The van der Waals surface area contributed by atoms with E-state index in [1.54, 1.807) is 12.4 Å². The van der Waals surface area contributed by atoms with Crippen molar-refractivity contribution in [2.24, 2.45) is 5.92 Å². The van der Waals surface area contributed by atoms with Crippen LogP contribution in [-0.2, 0) is 0 Å². The summed E-state index contributed by atoms with van der Waals surface area (Å²) in [7, 11) is 0. The molecule has 1 aliphatic rings. The van der Waals surface area contributed by atoms with Gasteiger partial charge in [0.15, 0.2) is 5.82 Å². The van der Waals surface area contributed by atoms with E-state index in [2.05, 4.69) is 36.4 Å². The van der Waals surface area contributed by atoms with Gasteiger partial charge in [0, 0.05) is 60.9 Å². The molecule has 0 spiro atoms. The number of rotatable bonds is 5. The Morgan fingerprint density at radius 1 is 1.10 bits per heavy atom. The van der Waals surface area contributed by atoms with Gasteiger partial charge in [-0.2, -0.15) is 5.10 Å². The van der Waals surface area contributed by atoms with Gasteiger partial charge in [0.25, 0.3) is 5.91 Å². The number of fused-ring (bicyclic) bond motifs is 1. The smallest absolute Gasteiger partial charge is 0.251 e. The Kier molecular flexibility index (Phi) is 4.93. The quantitative estimate of drug-likeness (QED) is 0.477. The van der Waals surface area contributed by atoms with Crippen molar-refractivity contribution >= 4 is 22.6 Å². The summed E-state index contributed by atoms with van der Waals surface area (Å²) in [6.45, 7) is 2.59. The van der Waals surface area contributed by atoms with Gasteiger partial charge >= 0.3 is 0 Å². The van der Waals surface area contributed by atoms with Crippen molar-refractivity contribution in [1.29, 1.82) is 0 Å². The Bertz CT molecular complexity index is 1140. The maximum Gasteiger partial charge on any atom is 0.251 e. The van der Waals surface area contributed by atoms with Gasteiger partial charge in [-0.05, 0) is 54.5 Å². The number of benzene rings is 1. The highest BCUT2D eigenvalue weighted by Crippen LogP contribution is 2.25. The topological polar surface area (TPSA) is 89.7 Å². The lowest BCUT2D eigenvalue weighted by Gasteiger charge is -2.32. The summed E-state index contributed by atoms with van der Waals surface area (Å²) < 4.78 is 0. The molecule has 0 aliphatic carbocycles. The molecular weight excluding hydrogens is 376 g/mol. The number of nitrogens with zero attached hydrogens (tertiary/aromatic N) is 3. The Morgan fingerprint density at radius 3 is 2.77 bits per heavy atom. The molecule has 1 aliphatic heterocycles. The molecule has 7 nitrogen and oxygen atoms in total. The molecule has 0 saturated carbocycles. The van der Waals surface area contributed by atoms with Crippen LogP contribution < -0.4 is 10.2 Å². The zero-order chi connectivity index (χ0) is 20.3. The number of hydrogen-bond donors (Lipinski definition) is 3. The molecule has 3 N–H and O–H groups in total. The fourth-order valence-electron chi connectivity index (χ4n) is 4.05. The molecular formula is C23H24N6O. The summed E-state index contributed by atoms with van der Waals surface area (Å²) in [5.74, 6) is 1.45. The predicted octanol–water partition coefficient (Wildman–Crippen LogP) is 3.60. The van der Waals surface area contributed by atoms with Gasteiger partial charge in [-0.15, -0.1) is 0 Å². The second-order valence-electron chi connectivity index (χ2n) is 7.80.